The SMILES string of the molecule is COc1ccccc1C1=C(Nc2cc(C)ccc2C)C(=O)N(c2cccc3ccccc23)C1=O. The van der Waals surface area contributed by atoms with Gasteiger partial charge in [-0.2, -0.15) is 0 Å². The summed E-state index contributed by atoms with van der Waals surface area (Å²) in [6.45, 7) is 3.96. The van der Waals surface area contributed by atoms with Crippen molar-refractivity contribution in [3.05, 3.63) is 107 Å². The van der Waals surface area contributed by atoms with Crippen molar-refractivity contribution in [1.82, 2.24) is 0 Å². The highest BCUT2D eigenvalue weighted by Gasteiger charge is 2.41. The van der Waals surface area contributed by atoms with Crippen LogP contribution in [0.2, 0.25) is 0 Å². The number of hydrogen-bond donors (Lipinski definition) is 1. The quantitative estimate of drug-likeness (QED) is 0.389. The van der Waals surface area contributed by atoms with Gasteiger partial charge in [-0.05, 0) is 48.6 Å². The van der Waals surface area contributed by atoms with Crippen molar-refractivity contribution < 1.29 is 14.3 Å². The van der Waals surface area contributed by atoms with Gasteiger partial charge in [0, 0.05) is 16.6 Å². The van der Waals surface area contributed by atoms with E-state index in [0.29, 0.717) is 17.0 Å². The minimum absolute atomic E-state index is 0.233. The number of carbonyl (C=O) groups is 2. The van der Waals surface area contributed by atoms with E-state index in [1.807, 2.05) is 80.6 Å². The third kappa shape index (κ3) is 3.52. The van der Waals surface area contributed by atoms with Crippen LogP contribution in [0.1, 0.15) is 16.7 Å². The predicted molar refractivity (Wildman–Crippen MR) is 136 cm³/mol. The van der Waals surface area contributed by atoms with Gasteiger partial charge in [-0.15, -0.1) is 0 Å². The number of amides is 2. The van der Waals surface area contributed by atoms with E-state index in [1.165, 1.54) is 4.90 Å². The van der Waals surface area contributed by atoms with E-state index in [2.05, 4.69) is 5.32 Å². The first kappa shape index (κ1) is 21.5. The number of rotatable bonds is 5. The molecule has 1 N–H and O–H groups in total. The Morgan fingerprint density at radius 2 is 1.53 bits per heavy atom. The zero-order valence-electron chi connectivity index (χ0n) is 19.3. The second-order valence-corrected chi connectivity index (χ2v) is 8.34. The van der Waals surface area contributed by atoms with E-state index in [0.717, 1.165) is 27.6 Å². The number of imide groups is 1. The Hall–Kier alpha value is -4.38. The monoisotopic (exact) mass is 448 g/mol. The molecule has 1 aliphatic heterocycles. The molecule has 0 bridgehead atoms. The van der Waals surface area contributed by atoms with Gasteiger partial charge in [0.05, 0.1) is 18.4 Å². The number of methoxy groups -OCH3 is 1. The van der Waals surface area contributed by atoms with E-state index in [1.54, 1.807) is 25.3 Å². The summed E-state index contributed by atoms with van der Waals surface area (Å²) in [7, 11) is 1.56. The highest BCUT2D eigenvalue weighted by Crippen LogP contribution is 2.39. The standard InChI is InChI=1S/C29H24N2O3/c1-18-15-16-19(2)23(17-18)30-27-26(22-12-6-7-14-25(22)34-3)28(32)31(29(27)33)24-13-8-10-20-9-4-5-11-21(20)24/h4-17,30H,1-3H3. The Balaban J connectivity index is 1.71. The molecule has 34 heavy (non-hydrogen) atoms. The number of carbonyl (C=O) groups excluding carboxylic acids is 2. The van der Waals surface area contributed by atoms with Gasteiger partial charge in [0.15, 0.2) is 0 Å². The van der Waals surface area contributed by atoms with Crippen LogP contribution in [0.4, 0.5) is 11.4 Å². The Kier molecular flexibility index (Phi) is 5.38. The Morgan fingerprint density at radius 1 is 0.794 bits per heavy atom. The summed E-state index contributed by atoms with van der Waals surface area (Å²) in [5.74, 6) is -0.263. The molecule has 1 aliphatic rings. The third-order valence-corrected chi connectivity index (χ3v) is 6.12. The summed E-state index contributed by atoms with van der Waals surface area (Å²) < 4.78 is 5.55. The van der Waals surface area contributed by atoms with Crippen molar-refractivity contribution in [2.24, 2.45) is 0 Å². The molecular formula is C29H24N2O3. The van der Waals surface area contributed by atoms with Crippen molar-refractivity contribution in [3.63, 3.8) is 0 Å². The molecule has 0 saturated carbocycles. The van der Waals surface area contributed by atoms with E-state index in [9.17, 15) is 9.59 Å². The first-order chi connectivity index (χ1) is 16.5. The van der Waals surface area contributed by atoms with Crippen LogP contribution in [-0.2, 0) is 9.59 Å². The van der Waals surface area contributed by atoms with Gasteiger partial charge in [0.2, 0.25) is 0 Å². The molecule has 0 saturated heterocycles. The molecule has 5 rings (SSSR count). The fourth-order valence-corrected chi connectivity index (χ4v) is 4.37. The summed E-state index contributed by atoms with van der Waals surface area (Å²) in [6, 6.07) is 26.6. The smallest absolute Gasteiger partial charge is 0.282 e. The number of fused-ring (bicyclic) bond motifs is 1. The molecule has 4 aromatic carbocycles. The van der Waals surface area contributed by atoms with Gasteiger partial charge in [-0.25, -0.2) is 4.90 Å². The average Bonchev–Trinajstić information content (AvgIpc) is 3.09. The van der Waals surface area contributed by atoms with Crippen LogP contribution in [-0.4, -0.2) is 18.9 Å². The molecule has 0 radical (unpaired) electrons. The lowest BCUT2D eigenvalue weighted by molar-refractivity contribution is -0.120. The predicted octanol–water partition coefficient (Wildman–Crippen LogP) is 5.86. The van der Waals surface area contributed by atoms with E-state index in [4.69, 9.17) is 4.74 Å². The normalized spacial score (nSPS) is 13.7. The van der Waals surface area contributed by atoms with Crippen molar-refractivity contribution >= 4 is 39.5 Å². The molecule has 5 nitrogen and oxygen atoms in total. The summed E-state index contributed by atoms with van der Waals surface area (Å²) in [5.41, 5.74) is 4.45. The van der Waals surface area contributed by atoms with Crippen LogP contribution in [0.15, 0.2) is 90.6 Å². The third-order valence-electron chi connectivity index (χ3n) is 6.12. The minimum Gasteiger partial charge on any atom is -0.496 e. The fraction of sp³-hybridized carbons (Fsp3) is 0.103. The van der Waals surface area contributed by atoms with Gasteiger partial charge in [0.1, 0.15) is 11.4 Å². The van der Waals surface area contributed by atoms with Crippen LogP contribution in [0.3, 0.4) is 0 Å². The number of hydrogen-bond acceptors (Lipinski definition) is 4. The molecule has 1 heterocycles. The van der Waals surface area contributed by atoms with Crippen molar-refractivity contribution in [2.45, 2.75) is 13.8 Å². The number of ether oxygens (including phenoxy) is 1. The van der Waals surface area contributed by atoms with Gasteiger partial charge in [0.25, 0.3) is 11.8 Å². The summed E-state index contributed by atoms with van der Waals surface area (Å²) in [6.07, 6.45) is 0. The average molecular weight is 449 g/mol. The Morgan fingerprint density at radius 3 is 2.35 bits per heavy atom. The maximum atomic E-state index is 13.9. The van der Waals surface area contributed by atoms with Crippen LogP contribution in [0.25, 0.3) is 16.3 Å². The van der Waals surface area contributed by atoms with E-state index >= 15 is 0 Å². The first-order valence-electron chi connectivity index (χ1n) is 11.1. The highest BCUT2D eigenvalue weighted by atomic mass is 16.5. The molecule has 0 fully saturated rings. The van der Waals surface area contributed by atoms with Crippen molar-refractivity contribution in [3.8, 4) is 5.75 Å². The second-order valence-electron chi connectivity index (χ2n) is 8.34. The molecule has 0 aromatic heterocycles. The number of benzene rings is 4. The molecule has 0 spiro atoms. The number of nitrogens with zero attached hydrogens (tertiary/aromatic N) is 1. The van der Waals surface area contributed by atoms with Crippen LogP contribution >= 0.6 is 0 Å². The highest BCUT2D eigenvalue weighted by molar-refractivity contribution is 6.47. The van der Waals surface area contributed by atoms with Crippen LogP contribution in [0.5, 0.6) is 5.75 Å². The lowest BCUT2D eigenvalue weighted by Crippen LogP contribution is -2.32. The van der Waals surface area contributed by atoms with Gasteiger partial charge < -0.3 is 10.1 Å². The zero-order valence-corrected chi connectivity index (χ0v) is 19.3. The number of nitrogens with one attached hydrogen (secondary N) is 1. The van der Waals surface area contributed by atoms with Crippen LogP contribution in [0, 0.1) is 13.8 Å². The maximum absolute atomic E-state index is 13.9. The molecule has 2 amide bonds. The van der Waals surface area contributed by atoms with Crippen molar-refractivity contribution in [2.75, 3.05) is 17.3 Å². The van der Waals surface area contributed by atoms with Crippen molar-refractivity contribution in [1.29, 1.82) is 0 Å². The Labute approximate surface area is 198 Å². The van der Waals surface area contributed by atoms with Crippen LogP contribution < -0.4 is 15.0 Å². The first-order valence-corrected chi connectivity index (χ1v) is 11.1. The van der Waals surface area contributed by atoms with E-state index < -0.39 is 11.8 Å². The maximum Gasteiger partial charge on any atom is 0.282 e. The number of para-hydroxylation sites is 1. The van der Waals surface area contributed by atoms with Gasteiger partial charge in [-0.1, -0.05) is 66.7 Å². The molecule has 5 heteroatoms. The summed E-state index contributed by atoms with van der Waals surface area (Å²) >= 11 is 0. The molecule has 0 aliphatic carbocycles. The molecular weight excluding hydrogens is 424 g/mol. The molecule has 168 valence electrons. The Bertz CT molecular complexity index is 1480. The molecule has 0 atom stereocenters. The van der Waals surface area contributed by atoms with E-state index in [-0.39, 0.29) is 11.3 Å². The largest absolute Gasteiger partial charge is 0.496 e. The van der Waals surface area contributed by atoms with Gasteiger partial charge >= 0.3 is 0 Å². The lowest BCUT2D eigenvalue weighted by atomic mass is 10.0. The van der Waals surface area contributed by atoms with Gasteiger partial charge in [-0.3, -0.25) is 9.59 Å². The zero-order chi connectivity index (χ0) is 23.8. The minimum atomic E-state index is -0.400. The number of anilines is 2. The summed E-state index contributed by atoms with van der Waals surface area (Å²) in [5, 5.41) is 5.08. The molecule has 0 unspecified atom stereocenters. The summed E-state index contributed by atoms with van der Waals surface area (Å²) in [4.78, 5) is 29.1. The topological polar surface area (TPSA) is 58.6 Å². The fourth-order valence-electron chi connectivity index (χ4n) is 4.37. The molecule has 4 aromatic rings. The second kappa shape index (κ2) is 8.52. The lowest BCUT2D eigenvalue weighted by Gasteiger charge is -2.18. The number of aryl methyl sites for hydroxylation is 2.